The summed E-state index contributed by atoms with van der Waals surface area (Å²) in [6.45, 7) is 3.47. The summed E-state index contributed by atoms with van der Waals surface area (Å²) in [6.07, 6.45) is 1.84. The predicted octanol–water partition coefficient (Wildman–Crippen LogP) is 1.32. The van der Waals surface area contributed by atoms with Crippen LogP contribution < -0.4 is 11.2 Å². The first-order chi connectivity index (χ1) is 11.5. The number of aryl methyl sites for hydroxylation is 1. The minimum Gasteiger partial charge on any atom is -0.304 e. The van der Waals surface area contributed by atoms with Gasteiger partial charge in [-0.25, -0.2) is 9.59 Å². The average molecular weight is 322 g/mol. The van der Waals surface area contributed by atoms with E-state index >= 15 is 0 Å². The highest BCUT2D eigenvalue weighted by molar-refractivity contribution is 6.09. The van der Waals surface area contributed by atoms with Crippen molar-refractivity contribution in [3.8, 4) is 0 Å². The number of carbonyl (C=O) groups excluding carboxylic acids is 2. The quantitative estimate of drug-likeness (QED) is 0.504. The maximum atomic E-state index is 12.7. The lowest BCUT2D eigenvalue weighted by Gasteiger charge is -2.08. The molecule has 120 valence electrons. The number of aromatic nitrogens is 2. The van der Waals surface area contributed by atoms with Crippen LogP contribution in [0.3, 0.4) is 0 Å². The van der Waals surface area contributed by atoms with Crippen molar-refractivity contribution < 1.29 is 9.59 Å². The molecule has 0 amide bonds. The summed E-state index contributed by atoms with van der Waals surface area (Å²) in [7, 11) is 0. The van der Waals surface area contributed by atoms with Crippen LogP contribution in [0.25, 0.3) is 6.08 Å². The number of rotatable bonds is 4. The zero-order chi connectivity index (χ0) is 17.7. The number of hydrogen-bond acceptors (Lipinski definition) is 4. The SMILES string of the molecule is CCc1c(C(=O)c2ccc(C=C=C=C=O)cc2C)[nH]c(=O)[nH]c1=O. The van der Waals surface area contributed by atoms with Gasteiger partial charge in [0.2, 0.25) is 5.78 Å². The Hall–Kier alpha value is -3.42. The largest absolute Gasteiger partial charge is 0.326 e. The van der Waals surface area contributed by atoms with Crippen LogP contribution in [0.1, 0.15) is 39.7 Å². The van der Waals surface area contributed by atoms with Gasteiger partial charge in [-0.05, 0) is 30.5 Å². The van der Waals surface area contributed by atoms with Crippen LogP contribution in [0.2, 0.25) is 0 Å². The summed E-state index contributed by atoms with van der Waals surface area (Å²) in [5.74, 6) is 1.04. The Morgan fingerprint density at radius 3 is 2.62 bits per heavy atom. The molecule has 6 nitrogen and oxygen atoms in total. The van der Waals surface area contributed by atoms with E-state index in [2.05, 4.69) is 21.4 Å². The minimum atomic E-state index is -0.719. The summed E-state index contributed by atoms with van der Waals surface area (Å²) in [5.41, 5.74) is 5.38. The summed E-state index contributed by atoms with van der Waals surface area (Å²) in [4.78, 5) is 50.6. The molecule has 1 aromatic carbocycles. The molecule has 2 aromatic rings. The molecule has 0 fully saturated rings. The molecule has 0 unspecified atom stereocenters. The van der Waals surface area contributed by atoms with E-state index in [1.807, 2.05) is 0 Å². The first-order valence-electron chi connectivity index (χ1n) is 7.19. The molecule has 0 aliphatic heterocycles. The van der Waals surface area contributed by atoms with Crippen molar-refractivity contribution in [2.24, 2.45) is 0 Å². The Labute approximate surface area is 136 Å². The molecule has 0 atom stereocenters. The highest BCUT2D eigenvalue weighted by Gasteiger charge is 2.18. The number of aromatic amines is 2. The molecule has 0 radical (unpaired) electrons. The second-order valence-corrected chi connectivity index (χ2v) is 5.03. The molecule has 1 aromatic heterocycles. The van der Waals surface area contributed by atoms with Crippen molar-refractivity contribution in [1.82, 2.24) is 9.97 Å². The normalized spacial score (nSPS) is 9.58. The molecule has 0 bridgehead atoms. The molecule has 0 aliphatic rings. The van der Waals surface area contributed by atoms with Gasteiger partial charge in [0.05, 0.1) is 5.69 Å². The average Bonchev–Trinajstić information content (AvgIpc) is 2.54. The third-order valence-electron chi connectivity index (χ3n) is 3.48. The standard InChI is InChI=1S/C18H14N2O4/c1-3-13-15(19-18(24)20-17(13)23)16(22)14-8-7-12(10-11(14)2)6-4-5-9-21/h6-8,10H,3H2,1-2H3,(H2,19,20,23,24). The van der Waals surface area contributed by atoms with Gasteiger partial charge in [-0.15, -0.1) is 0 Å². The fourth-order valence-electron chi connectivity index (χ4n) is 2.36. The zero-order valence-corrected chi connectivity index (χ0v) is 13.1. The highest BCUT2D eigenvalue weighted by Crippen LogP contribution is 2.16. The zero-order valence-electron chi connectivity index (χ0n) is 13.1. The van der Waals surface area contributed by atoms with Gasteiger partial charge < -0.3 is 4.98 Å². The first kappa shape index (κ1) is 16.9. The molecular formula is C18H14N2O4. The van der Waals surface area contributed by atoms with E-state index < -0.39 is 17.0 Å². The summed E-state index contributed by atoms with van der Waals surface area (Å²) in [5, 5.41) is 0. The van der Waals surface area contributed by atoms with Gasteiger partial charge in [0.25, 0.3) is 5.56 Å². The van der Waals surface area contributed by atoms with Crippen LogP contribution in [0.4, 0.5) is 0 Å². The molecule has 2 rings (SSSR count). The van der Waals surface area contributed by atoms with Gasteiger partial charge in [-0.1, -0.05) is 30.9 Å². The lowest BCUT2D eigenvalue weighted by molar-refractivity contribution is 0.103. The fourth-order valence-corrected chi connectivity index (χ4v) is 2.36. The van der Waals surface area contributed by atoms with Gasteiger partial charge in [-0.3, -0.25) is 14.6 Å². The summed E-state index contributed by atoms with van der Waals surface area (Å²) in [6, 6.07) is 4.98. The van der Waals surface area contributed by atoms with Crippen molar-refractivity contribution >= 4 is 17.8 Å². The Balaban J connectivity index is 2.56. The topological polar surface area (TPSA) is 99.9 Å². The molecule has 6 heteroatoms. The molecule has 1 heterocycles. The monoisotopic (exact) mass is 322 g/mol. The maximum Gasteiger partial charge on any atom is 0.326 e. The van der Waals surface area contributed by atoms with Crippen LogP contribution in [0.15, 0.2) is 39.3 Å². The third kappa shape index (κ3) is 3.49. The van der Waals surface area contributed by atoms with E-state index in [-0.39, 0.29) is 11.3 Å². The predicted molar refractivity (Wildman–Crippen MR) is 88.9 cm³/mol. The van der Waals surface area contributed by atoms with Crippen molar-refractivity contribution in [2.75, 3.05) is 0 Å². The van der Waals surface area contributed by atoms with E-state index in [0.717, 1.165) is 5.56 Å². The number of nitrogens with one attached hydrogen (secondary N) is 2. The van der Waals surface area contributed by atoms with Crippen LogP contribution in [0.5, 0.6) is 0 Å². The van der Waals surface area contributed by atoms with E-state index in [9.17, 15) is 19.2 Å². The van der Waals surface area contributed by atoms with Crippen LogP contribution in [0, 0.1) is 6.92 Å². The van der Waals surface area contributed by atoms with Crippen molar-refractivity contribution in [2.45, 2.75) is 20.3 Å². The van der Waals surface area contributed by atoms with E-state index in [1.165, 1.54) is 12.0 Å². The smallest absolute Gasteiger partial charge is 0.304 e. The summed E-state index contributed by atoms with van der Waals surface area (Å²) < 4.78 is 0. The van der Waals surface area contributed by atoms with Gasteiger partial charge >= 0.3 is 5.69 Å². The van der Waals surface area contributed by atoms with Crippen LogP contribution in [-0.2, 0) is 11.2 Å². The number of H-pyrrole nitrogens is 2. The molecule has 24 heavy (non-hydrogen) atoms. The van der Waals surface area contributed by atoms with Gasteiger partial charge in [0.15, 0.2) is 5.94 Å². The molecule has 0 aliphatic carbocycles. The second kappa shape index (κ2) is 7.23. The van der Waals surface area contributed by atoms with E-state index in [4.69, 9.17) is 0 Å². The Bertz CT molecular complexity index is 1040. The lowest BCUT2D eigenvalue weighted by atomic mass is 9.97. The molecule has 0 spiro atoms. The van der Waals surface area contributed by atoms with Crippen molar-refractivity contribution in [1.29, 1.82) is 0 Å². The van der Waals surface area contributed by atoms with E-state index in [0.29, 0.717) is 17.5 Å². The second-order valence-electron chi connectivity index (χ2n) is 5.03. The minimum absolute atomic E-state index is 0.00132. The maximum absolute atomic E-state index is 12.7. The Morgan fingerprint density at radius 1 is 1.25 bits per heavy atom. The van der Waals surface area contributed by atoms with Crippen LogP contribution >= 0.6 is 0 Å². The van der Waals surface area contributed by atoms with E-state index in [1.54, 1.807) is 32.0 Å². The third-order valence-corrected chi connectivity index (χ3v) is 3.48. The first-order valence-corrected chi connectivity index (χ1v) is 7.19. The van der Waals surface area contributed by atoms with Crippen molar-refractivity contribution in [3.05, 3.63) is 78.4 Å². The van der Waals surface area contributed by atoms with Gasteiger partial charge in [0.1, 0.15) is 0 Å². The van der Waals surface area contributed by atoms with Crippen LogP contribution in [-0.4, -0.2) is 21.7 Å². The van der Waals surface area contributed by atoms with Gasteiger partial charge in [-0.2, -0.15) is 0 Å². The summed E-state index contributed by atoms with van der Waals surface area (Å²) >= 11 is 0. The van der Waals surface area contributed by atoms with Crippen molar-refractivity contribution in [3.63, 3.8) is 0 Å². The number of carbonyl (C=O) groups is 1. The molecule has 0 saturated carbocycles. The highest BCUT2D eigenvalue weighted by atomic mass is 16.2. The van der Waals surface area contributed by atoms with Gasteiger partial charge in [0, 0.05) is 16.9 Å². The molecular weight excluding hydrogens is 308 g/mol. The Morgan fingerprint density at radius 2 is 2.00 bits per heavy atom. The molecule has 0 saturated heterocycles. The fraction of sp³-hybridized carbons (Fsp3) is 0.167. The lowest BCUT2D eigenvalue weighted by Crippen LogP contribution is -2.30. The number of ketones is 1. The number of hydrogen-bond donors (Lipinski definition) is 2. The Kier molecular flexibility index (Phi) is 5.10. The molecule has 2 N–H and O–H groups in total. The number of benzene rings is 1.